The summed E-state index contributed by atoms with van der Waals surface area (Å²) in [7, 11) is 0. The summed E-state index contributed by atoms with van der Waals surface area (Å²) in [5.41, 5.74) is 4.67. The number of Topliss-reactive ketones (excluding diaryl/α,β-unsaturated/α-hetero) is 1. The number of aliphatic hydroxyl groups is 1. The van der Waals surface area contributed by atoms with E-state index in [1.807, 2.05) is 23.1 Å². The number of fused-ring (bicyclic) bond motifs is 1. The zero-order chi connectivity index (χ0) is 15.5. The SMILES string of the molecule is Cc1c(CCO)sc[n+]1CC(=O)c1ccc2c(c1)CCOO2.[Br-]. The zero-order valence-electron chi connectivity index (χ0n) is 12.8. The maximum absolute atomic E-state index is 12.5. The van der Waals surface area contributed by atoms with Gasteiger partial charge in [0.05, 0.1) is 11.5 Å². The monoisotopic (exact) mass is 399 g/mol. The maximum atomic E-state index is 12.5. The first kappa shape index (κ1) is 18.1. The van der Waals surface area contributed by atoms with Crippen LogP contribution in [0.25, 0.3) is 0 Å². The molecule has 0 radical (unpaired) electrons. The summed E-state index contributed by atoms with van der Waals surface area (Å²) in [6.45, 7) is 2.92. The topological polar surface area (TPSA) is 59.6 Å². The lowest BCUT2D eigenvalue weighted by atomic mass is 10.0. The van der Waals surface area contributed by atoms with Gasteiger partial charge in [-0.2, -0.15) is 9.45 Å². The van der Waals surface area contributed by atoms with E-state index < -0.39 is 0 Å². The Labute approximate surface area is 149 Å². The molecular weight excluding hydrogens is 382 g/mol. The van der Waals surface area contributed by atoms with Crippen molar-refractivity contribution in [3.8, 4) is 5.75 Å². The molecule has 1 N–H and O–H groups in total. The quantitative estimate of drug-likeness (QED) is 0.383. The predicted octanol–water partition coefficient (Wildman–Crippen LogP) is -1.37. The number of thiazole rings is 1. The highest BCUT2D eigenvalue weighted by molar-refractivity contribution is 7.09. The van der Waals surface area contributed by atoms with Gasteiger partial charge in [-0.25, -0.2) is 0 Å². The molecule has 0 amide bonds. The molecule has 124 valence electrons. The summed E-state index contributed by atoms with van der Waals surface area (Å²) in [5.74, 6) is 0.753. The molecule has 3 rings (SSSR count). The van der Waals surface area contributed by atoms with Crippen LogP contribution in [0.15, 0.2) is 23.7 Å². The second kappa shape index (κ2) is 8.01. The Morgan fingerprint density at radius 3 is 3.04 bits per heavy atom. The van der Waals surface area contributed by atoms with Crippen molar-refractivity contribution in [1.82, 2.24) is 0 Å². The van der Waals surface area contributed by atoms with Crippen molar-refractivity contribution >= 4 is 17.1 Å². The number of nitrogens with zero attached hydrogens (tertiary/aromatic N) is 1. The molecule has 0 saturated carbocycles. The number of hydrogen-bond donors (Lipinski definition) is 1. The number of halogens is 1. The highest BCUT2D eigenvalue weighted by Gasteiger charge is 2.21. The Hall–Kier alpha value is -1.28. The second-order valence-electron chi connectivity index (χ2n) is 5.23. The molecule has 1 aliphatic rings. The molecule has 0 spiro atoms. The minimum absolute atomic E-state index is 0. The van der Waals surface area contributed by atoms with Gasteiger partial charge in [-0.3, -0.25) is 4.79 Å². The third-order valence-corrected chi connectivity index (χ3v) is 4.94. The van der Waals surface area contributed by atoms with E-state index >= 15 is 0 Å². The smallest absolute Gasteiger partial charge is 0.227 e. The normalized spacial score (nSPS) is 13.0. The minimum Gasteiger partial charge on any atom is -1.00 e. The van der Waals surface area contributed by atoms with E-state index in [1.54, 1.807) is 23.5 Å². The molecule has 0 unspecified atom stereocenters. The fourth-order valence-corrected chi connectivity index (χ4v) is 3.47. The van der Waals surface area contributed by atoms with Gasteiger partial charge in [-0.05, 0) is 18.2 Å². The molecule has 5 nitrogen and oxygen atoms in total. The van der Waals surface area contributed by atoms with E-state index in [4.69, 9.17) is 14.9 Å². The van der Waals surface area contributed by atoms with E-state index in [1.165, 1.54) is 0 Å². The van der Waals surface area contributed by atoms with Crippen molar-refractivity contribution < 1.29 is 41.2 Å². The van der Waals surface area contributed by atoms with E-state index in [2.05, 4.69) is 0 Å². The number of rotatable bonds is 5. The lowest BCUT2D eigenvalue weighted by Gasteiger charge is -2.15. The molecule has 0 saturated heterocycles. The van der Waals surface area contributed by atoms with Crippen molar-refractivity contribution in [3.63, 3.8) is 0 Å². The fraction of sp³-hybridized carbons (Fsp3) is 0.375. The summed E-state index contributed by atoms with van der Waals surface area (Å²) in [6.07, 6.45) is 1.38. The van der Waals surface area contributed by atoms with Gasteiger partial charge >= 0.3 is 0 Å². The summed E-state index contributed by atoms with van der Waals surface area (Å²) in [6, 6.07) is 5.44. The Morgan fingerprint density at radius 1 is 1.43 bits per heavy atom. The first-order valence-electron chi connectivity index (χ1n) is 7.22. The third-order valence-electron chi connectivity index (χ3n) is 3.80. The predicted molar refractivity (Wildman–Crippen MR) is 81.1 cm³/mol. The van der Waals surface area contributed by atoms with Crippen LogP contribution in [0.5, 0.6) is 5.75 Å². The number of aliphatic hydroxyl groups excluding tert-OH is 1. The molecule has 23 heavy (non-hydrogen) atoms. The third kappa shape index (κ3) is 3.98. The van der Waals surface area contributed by atoms with E-state index in [0.717, 1.165) is 22.6 Å². The van der Waals surface area contributed by atoms with Crippen LogP contribution in [-0.4, -0.2) is 24.1 Å². The standard InChI is InChI=1S/C16H18NO4S.BrH/c1-11-16(4-6-18)22-10-17(11)9-14(19)12-2-3-15-13(8-12)5-7-20-21-15;/h2-3,8,10,18H,4-7,9H2,1H3;1H/q+1;/p-1. The van der Waals surface area contributed by atoms with Gasteiger partial charge in [0, 0.05) is 37.5 Å². The Bertz CT molecular complexity index is 701. The van der Waals surface area contributed by atoms with Crippen molar-refractivity contribution in [2.75, 3.05) is 13.2 Å². The van der Waals surface area contributed by atoms with Gasteiger partial charge in [0.1, 0.15) is 0 Å². The molecule has 2 heterocycles. The van der Waals surface area contributed by atoms with Crippen molar-refractivity contribution in [2.45, 2.75) is 26.3 Å². The number of carbonyl (C=O) groups excluding carboxylic acids is 1. The molecule has 1 aromatic carbocycles. The lowest BCUT2D eigenvalue weighted by Crippen LogP contribution is -3.00. The number of benzene rings is 1. The number of ketones is 1. The van der Waals surface area contributed by atoms with Crippen LogP contribution in [-0.2, 0) is 24.3 Å². The zero-order valence-corrected chi connectivity index (χ0v) is 15.2. The van der Waals surface area contributed by atoms with Gasteiger partial charge in [0.2, 0.25) is 17.8 Å². The van der Waals surface area contributed by atoms with Gasteiger partial charge in [0.25, 0.3) is 0 Å². The minimum atomic E-state index is 0. The van der Waals surface area contributed by atoms with E-state index in [-0.39, 0.29) is 29.4 Å². The molecule has 0 bridgehead atoms. The molecule has 0 aliphatic carbocycles. The molecule has 0 atom stereocenters. The molecule has 2 aromatic rings. The molecule has 1 aliphatic heterocycles. The Balaban J connectivity index is 0.00000192. The van der Waals surface area contributed by atoms with Crippen LogP contribution in [0, 0.1) is 6.92 Å². The largest absolute Gasteiger partial charge is 1.00 e. The number of aromatic nitrogens is 1. The number of carbonyl (C=O) groups is 1. The Morgan fingerprint density at radius 2 is 2.26 bits per heavy atom. The Kier molecular flexibility index (Phi) is 6.29. The van der Waals surface area contributed by atoms with Crippen molar-refractivity contribution in [3.05, 3.63) is 45.4 Å². The van der Waals surface area contributed by atoms with Crippen LogP contribution in [0.4, 0.5) is 0 Å². The average Bonchev–Trinajstić information content (AvgIpc) is 2.88. The van der Waals surface area contributed by atoms with E-state index in [9.17, 15) is 4.79 Å². The van der Waals surface area contributed by atoms with Crippen LogP contribution < -0.4 is 26.4 Å². The maximum Gasteiger partial charge on any atom is 0.227 e. The molecule has 0 fully saturated rings. The fourth-order valence-electron chi connectivity index (χ4n) is 2.48. The first-order chi connectivity index (χ1) is 10.7. The summed E-state index contributed by atoms with van der Waals surface area (Å²) >= 11 is 1.57. The first-order valence-corrected chi connectivity index (χ1v) is 8.10. The van der Waals surface area contributed by atoms with Crippen molar-refractivity contribution in [2.24, 2.45) is 0 Å². The molecule has 7 heteroatoms. The van der Waals surface area contributed by atoms with Gasteiger partial charge < -0.3 is 27.0 Å². The van der Waals surface area contributed by atoms with Gasteiger partial charge in [0.15, 0.2) is 11.4 Å². The summed E-state index contributed by atoms with van der Waals surface area (Å²) in [5, 5.41) is 9.03. The van der Waals surface area contributed by atoms with Crippen LogP contribution in [0.3, 0.4) is 0 Å². The van der Waals surface area contributed by atoms with Gasteiger partial charge in [-0.15, -0.1) is 0 Å². The summed E-state index contributed by atoms with van der Waals surface area (Å²) < 4.78 is 1.94. The van der Waals surface area contributed by atoms with E-state index in [0.29, 0.717) is 30.9 Å². The lowest BCUT2D eigenvalue weighted by molar-refractivity contribution is -0.684. The van der Waals surface area contributed by atoms with Crippen molar-refractivity contribution in [1.29, 1.82) is 0 Å². The van der Waals surface area contributed by atoms with Crippen LogP contribution >= 0.6 is 11.3 Å². The second-order valence-corrected chi connectivity index (χ2v) is 6.17. The van der Waals surface area contributed by atoms with Gasteiger partial charge in [-0.1, -0.05) is 11.3 Å². The van der Waals surface area contributed by atoms with Crippen LogP contribution in [0.2, 0.25) is 0 Å². The number of hydrogen-bond acceptors (Lipinski definition) is 5. The van der Waals surface area contributed by atoms with Crippen LogP contribution in [0.1, 0.15) is 26.5 Å². The highest BCUT2D eigenvalue weighted by atomic mass is 79.9. The summed E-state index contributed by atoms with van der Waals surface area (Å²) in [4.78, 5) is 23.6. The average molecular weight is 400 g/mol. The molecule has 1 aromatic heterocycles. The molecular formula is C16H18BrNO4S. The highest BCUT2D eigenvalue weighted by Crippen LogP contribution is 2.24.